The quantitative estimate of drug-likeness (QED) is 0.606. The van der Waals surface area contributed by atoms with Crippen molar-refractivity contribution in [2.45, 2.75) is 18.9 Å². The van der Waals surface area contributed by atoms with Crippen LogP contribution in [0.5, 0.6) is 5.75 Å². The Hall–Kier alpha value is -2.37. The smallest absolute Gasteiger partial charge is 0.253 e. The van der Waals surface area contributed by atoms with Crippen LogP contribution in [0.4, 0.5) is 0 Å². The molecule has 1 amide bonds. The number of ether oxygens (including phenoxy) is 1. The maximum absolute atomic E-state index is 13.2. The van der Waals surface area contributed by atoms with Crippen LogP contribution >= 0.6 is 22.9 Å². The highest BCUT2D eigenvalue weighted by molar-refractivity contribution is 7.18. The third kappa shape index (κ3) is 3.01. The lowest BCUT2D eigenvalue weighted by Crippen LogP contribution is -2.33. The van der Waals surface area contributed by atoms with Crippen molar-refractivity contribution in [3.8, 4) is 5.75 Å². The average Bonchev–Trinajstić information content (AvgIpc) is 3.33. The first-order valence-electron chi connectivity index (χ1n) is 8.98. The number of halogens is 1. The molecular formula is C21H17ClN2O2S. The summed E-state index contributed by atoms with van der Waals surface area (Å²) in [6.07, 6.45) is 3.84. The van der Waals surface area contributed by atoms with Crippen LogP contribution in [0.2, 0.25) is 5.02 Å². The van der Waals surface area contributed by atoms with Crippen molar-refractivity contribution >= 4 is 45.1 Å². The lowest BCUT2D eigenvalue weighted by Gasteiger charge is -2.26. The zero-order valence-corrected chi connectivity index (χ0v) is 16.1. The van der Waals surface area contributed by atoms with Crippen LogP contribution in [-0.2, 0) is 4.79 Å². The van der Waals surface area contributed by atoms with E-state index < -0.39 is 0 Å². The van der Waals surface area contributed by atoms with Gasteiger partial charge < -0.3 is 9.64 Å². The lowest BCUT2D eigenvalue weighted by molar-refractivity contribution is -0.128. The van der Waals surface area contributed by atoms with E-state index in [2.05, 4.69) is 6.07 Å². The van der Waals surface area contributed by atoms with Crippen LogP contribution in [0.3, 0.4) is 0 Å². The molecule has 3 aromatic rings. The van der Waals surface area contributed by atoms with Gasteiger partial charge in [-0.3, -0.25) is 4.79 Å². The van der Waals surface area contributed by atoms with Crippen LogP contribution in [0, 0.1) is 0 Å². The summed E-state index contributed by atoms with van der Waals surface area (Å²) in [7, 11) is 0. The van der Waals surface area contributed by atoms with E-state index in [1.54, 1.807) is 17.4 Å². The van der Waals surface area contributed by atoms with Gasteiger partial charge in [-0.05, 0) is 49.2 Å². The molecule has 2 aromatic carbocycles. The molecule has 0 spiro atoms. The molecule has 1 fully saturated rings. The molecule has 3 heterocycles. The van der Waals surface area contributed by atoms with E-state index in [0.29, 0.717) is 10.6 Å². The number of hydrogen-bond donors (Lipinski definition) is 0. The summed E-state index contributed by atoms with van der Waals surface area (Å²) in [4.78, 5) is 19.9. The molecule has 0 bridgehead atoms. The number of hydrogen-bond acceptors (Lipinski definition) is 4. The number of para-hydroxylation sites is 1. The fourth-order valence-corrected chi connectivity index (χ4v) is 5.05. The third-order valence-electron chi connectivity index (χ3n) is 5.07. The number of amides is 1. The topological polar surface area (TPSA) is 42.4 Å². The Morgan fingerprint density at radius 1 is 1.26 bits per heavy atom. The second-order valence-electron chi connectivity index (χ2n) is 6.82. The van der Waals surface area contributed by atoms with E-state index >= 15 is 0 Å². The molecule has 6 heteroatoms. The molecule has 1 atom stereocenters. The predicted molar refractivity (Wildman–Crippen MR) is 108 cm³/mol. The number of benzene rings is 2. The van der Waals surface area contributed by atoms with Crippen LogP contribution in [0.15, 0.2) is 48.0 Å². The van der Waals surface area contributed by atoms with Gasteiger partial charge in [0, 0.05) is 17.1 Å². The van der Waals surface area contributed by atoms with Crippen LogP contribution in [0.1, 0.15) is 29.5 Å². The minimum absolute atomic E-state index is 0.0300. The molecule has 0 radical (unpaired) electrons. The fraction of sp³-hybridized carbons (Fsp3) is 0.238. The number of fused-ring (bicyclic) bond motifs is 2. The van der Waals surface area contributed by atoms with Gasteiger partial charge in [-0.15, -0.1) is 11.3 Å². The monoisotopic (exact) mass is 396 g/mol. The number of carbonyl (C=O) groups excluding carboxylic acids is 1. The van der Waals surface area contributed by atoms with Crippen molar-refractivity contribution in [1.82, 2.24) is 9.88 Å². The van der Waals surface area contributed by atoms with Crippen molar-refractivity contribution in [3.63, 3.8) is 0 Å². The predicted octanol–water partition coefficient (Wildman–Crippen LogP) is 5.09. The lowest BCUT2D eigenvalue weighted by atomic mass is 10.1. The summed E-state index contributed by atoms with van der Waals surface area (Å²) in [6, 6.07) is 13.6. The molecule has 0 saturated carbocycles. The van der Waals surface area contributed by atoms with E-state index in [9.17, 15) is 4.79 Å². The molecule has 5 rings (SSSR count). The van der Waals surface area contributed by atoms with Crippen molar-refractivity contribution in [2.24, 2.45) is 0 Å². The molecule has 2 aliphatic heterocycles. The first-order valence-corrected chi connectivity index (χ1v) is 10.2. The van der Waals surface area contributed by atoms with Crippen molar-refractivity contribution in [3.05, 3.63) is 63.6 Å². The van der Waals surface area contributed by atoms with Crippen LogP contribution in [-0.4, -0.2) is 28.9 Å². The molecule has 0 unspecified atom stereocenters. The van der Waals surface area contributed by atoms with Gasteiger partial charge in [0.25, 0.3) is 5.91 Å². The second-order valence-corrected chi connectivity index (χ2v) is 8.32. The van der Waals surface area contributed by atoms with Gasteiger partial charge in [0.15, 0.2) is 0 Å². The third-order valence-corrected chi connectivity index (χ3v) is 6.44. The van der Waals surface area contributed by atoms with Crippen molar-refractivity contribution in [1.29, 1.82) is 0 Å². The van der Waals surface area contributed by atoms with E-state index in [4.69, 9.17) is 21.3 Å². The maximum Gasteiger partial charge on any atom is 0.253 e. The molecule has 27 heavy (non-hydrogen) atoms. The molecule has 1 saturated heterocycles. The molecule has 2 aliphatic rings. The number of thiazole rings is 1. The van der Waals surface area contributed by atoms with Crippen LogP contribution in [0.25, 0.3) is 16.3 Å². The molecule has 4 nitrogen and oxygen atoms in total. The van der Waals surface area contributed by atoms with Gasteiger partial charge in [-0.2, -0.15) is 0 Å². The second kappa shape index (κ2) is 6.66. The van der Waals surface area contributed by atoms with Gasteiger partial charge in [0.1, 0.15) is 17.4 Å². The Morgan fingerprint density at radius 3 is 3.04 bits per heavy atom. The van der Waals surface area contributed by atoms with Crippen molar-refractivity contribution in [2.75, 3.05) is 13.2 Å². The largest absolute Gasteiger partial charge is 0.488 e. The fourth-order valence-electron chi connectivity index (χ4n) is 3.76. The summed E-state index contributed by atoms with van der Waals surface area (Å²) in [5.41, 5.74) is 2.52. The zero-order chi connectivity index (χ0) is 18.4. The number of rotatable bonds is 2. The Labute approximate surface area is 166 Å². The average molecular weight is 397 g/mol. The number of likely N-dealkylation sites (tertiary alicyclic amines) is 1. The first kappa shape index (κ1) is 16.8. The molecule has 136 valence electrons. The summed E-state index contributed by atoms with van der Waals surface area (Å²) < 4.78 is 6.94. The summed E-state index contributed by atoms with van der Waals surface area (Å²) in [5.74, 6) is 0.794. The maximum atomic E-state index is 13.2. The molecular weight excluding hydrogens is 380 g/mol. The summed E-state index contributed by atoms with van der Waals surface area (Å²) >= 11 is 7.77. The minimum Gasteiger partial charge on any atom is -0.488 e. The van der Waals surface area contributed by atoms with Gasteiger partial charge >= 0.3 is 0 Å². The SMILES string of the molecule is O=C(C1=Cc2cc(Cl)ccc2OC1)N1CCC[C@@H]1c1nc2ccccc2s1. The van der Waals surface area contributed by atoms with Crippen molar-refractivity contribution < 1.29 is 9.53 Å². The molecule has 1 aromatic heterocycles. The Balaban J connectivity index is 1.45. The molecule has 0 N–H and O–H groups in total. The zero-order valence-electron chi connectivity index (χ0n) is 14.5. The normalized spacial score (nSPS) is 18.9. The van der Waals surface area contributed by atoms with E-state index in [-0.39, 0.29) is 18.6 Å². The Morgan fingerprint density at radius 2 is 2.15 bits per heavy atom. The highest BCUT2D eigenvalue weighted by atomic mass is 35.5. The van der Waals surface area contributed by atoms with E-state index in [1.165, 1.54) is 0 Å². The van der Waals surface area contributed by atoms with E-state index in [1.807, 2.05) is 41.3 Å². The minimum atomic E-state index is 0.0300. The number of nitrogens with zero attached hydrogens (tertiary/aromatic N) is 2. The Kier molecular flexibility index (Phi) is 4.14. The highest BCUT2D eigenvalue weighted by Gasteiger charge is 2.34. The summed E-state index contributed by atoms with van der Waals surface area (Å²) in [6.45, 7) is 1.04. The number of aromatic nitrogens is 1. The van der Waals surface area contributed by atoms with E-state index in [0.717, 1.165) is 45.9 Å². The first-order chi connectivity index (χ1) is 13.2. The number of carbonyl (C=O) groups is 1. The standard InChI is InChI=1S/C21H17ClN2O2S/c22-15-7-8-18-13(11-15)10-14(12-26-18)21(25)24-9-3-5-17(24)20-23-16-4-1-2-6-19(16)27-20/h1-2,4,6-8,10-11,17H,3,5,9,12H2/t17-/m1/s1. The Bertz CT molecular complexity index is 1040. The molecule has 0 aliphatic carbocycles. The van der Waals surface area contributed by atoms with Gasteiger partial charge in [0.2, 0.25) is 0 Å². The highest BCUT2D eigenvalue weighted by Crippen LogP contribution is 2.38. The van der Waals surface area contributed by atoms with Gasteiger partial charge in [-0.1, -0.05) is 23.7 Å². The van der Waals surface area contributed by atoms with Crippen LogP contribution < -0.4 is 4.74 Å². The van der Waals surface area contributed by atoms with Gasteiger partial charge in [-0.25, -0.2) is 4.98 Å². The summed E-state index contributed by atoms with van der Waals surface area (Å²) in [5, 5.41) is 1.65. The van der Waals surface area contributed by atoms with Gasteiger partial charge in [0.05, 0.1) is 21.8 Å².